The van der Waals surface area contributed by atoms with E-state index in [9.17, 15) is 0 Å². The molecule has 1 aromatic rings. The highest BCUT2D eigenvalue weighted by atomic mass is 16.5. The largest absolute Gasteiger partial charge is 0.385 e. The molecule has 4 nitrogen and oxygen atoms in total. The third kappa shape index (κ3) is 4.55. The standard InChI is InChI=1S/C15H25N3O/c1-13-16-10-14(11-17-13)12-18-8-4-3-6-15(18)7-5-9-19-2/h10-11,15H,3-9,12H2,1-2H3. The van der Waals surface area contributed by atoms with Crippen LogP contribution in [0.25, 0.3) is 0 Å². The van der Waals surface area contributed by atoms with Crippen LogP contribution in [0.2, 0.25) is 0 Å². The SMILES string of the molecule is COCCCC1CCCCN1Cc1cnc(C)nc1. The molecule has 0 amide bonds. The van der Waals surface area contributed by atoms with Crippen LogP contribution in [0.3, 0.4) is 0 Å². The minimum absolute atomic E-state index is 0.699. The summed E-state index contributed by atoms with van der Waals surface area (Å²) in [6, 6.07) is 0.699. The maximum atomic E-state index is 5.16. The van der Waals surface area contributed by atoms with E-state index < -0.39 is 0 Å². The Morgan fingerprint density at radius 2 is 2.11 bits per heavy atom. The van der Waals surface area contributed by atoms with Gasteiger partial charge in [0.15, 0.2) is 0 Å². The molecule has 0 aliphatic carbocycles. The van der Waals surface area contributed by atoms with Gasteiger partial charge in [-0.1, -0.05) is 6.42 Å². The molecular formula is C15H25N3O. The fourth-order valence-electron chi connectivity index (χ4n) is 2.79. The van der Waals surface area contributed by atoms with Crippen molar-refractivity contribution in [2.45, 2.75) is 51.6 Å². The van der Waals surface area contributed by atoms with Crippen molar-refractivity contribution in [1.82, 2.24) is 14.9 Å². The molecule has 1 saturated heterocycles. The van der Waals surface area contributed by atoms with Crippen molar-refractivity contribution in [1.29, 1.82) is 0 Å². The average Bonchev–Trinajstić information content (AvgIpc) is 2.43. The van der Waals surface area contributed by atoms with Crippen LogP contribution in [0, 0.1) is 6.92 Å². The Hall–Kier alpha value is -1.00. The van der Waals surface area contributed by atoms with Gasteiger partial charge in [0, 0.05) is 44.3 Å². The van der Waals surface area contributed by atoms with Gasteiger partial charge in [-0.15, -0.1) is 0 Å². The number of aromatic nitrogens is 2. The summed E-state index contributed by atoms with van der Waals surface area (Å²) in [5.41, 5.74) is 1.23. The van der Waals surface area contributed by atoms with E-state index in [2.05, 4.69) is 14.9 Å². The normalized spacial score (nSPS) is 20.6. The monoisotopic (exact) mass is 263 g/mol. The maximum absolute atomic E-state index is 5.16. The number of aryl methyl sites for hydroxylation is 1. The van der Waals surface area contributed by atoms with Crippen LogP contribution in [0.4, 0.5) is 0 Å². The Balaban J connectivity index is 1.89. The zero-order chi connectivity index (χ0) is 13.5. The van der Waals surface area contributed by atoms with Gasteiger partial charge in [-0.25, -0.2) is 9.97 Å². The van der Waals surface area contributed by atoms with Crippen molar-refractivity contribution >= 4 is 0 Å². The summed E-state index contributed by atoms with van der Waals surface area (Å²) >= 11 is 0. The predicted molar refractivity (Wildman–Crippen MR) is 75.9 cm³/mol. The molecule has 0 spiro atoms. The second-order valence-electron chi connectivity index (χ2n) is 5.39. The number of hydrogen-bond donors (Lipinski definition) is 0. The molecule has 0 bridgehead atoms. The van der Waals surface area contributed by atoms with Crippen LogP contribution in [-0.4, -0.2) is 41.2 Å². The smallest absolute Gasteiger partial charge is 0.125 e. The molecule has 1 atom stereocenters. The van der Waals surface area contributed by atoms with Gasteiger partial charge in [0.1, 0.15) is 5.82 Å². The third-order valence-corrected chi connectivity index (χ3v) is 3.85. The van der Waals surface area contributed by atoms with Crippen molar-refractivity contribution < 1.29 is 4.74 Å². The third-order valence-electron chi connectivity index (χ3n) is 3.85. The Kier molecular flexibility index (Phi) is 5.73. The number of hydrogen-bond acceptors (Lipinski definition) is 4. The zero-order valence-electron chi connectivity index (χ0n) is 12.1. The number of nitrogens with zero attached hydrogens (tertiary/aromatic N) is 3. The van der Waals surface area contributed by atoms with Gasteiger partial charge in [-0.05, 0) is 39.2 Å². The van der Waals surface area contributed by atoms with Gasteiger partial charge < -0.3 is 4.74 Å². The molecule has 2 heterocycles. The predicted octanol–water partition coefficient (Wildman–Crippen LogP) is 2.57. The Morgan fingerprint density at radius 1 is 1.32 bits per heavy atom. The lowest BCUT2D eigenvalue weighted by Gasteiger charge is -2.35. The van der Waals surface area contributed by atoms with E-state index >= 15 is 0 Å². The molecule has 4 heteroatoms. The molecular weight excluding hydrogens is 238 g/mol. The Morgan fingerprint density at radius 3 is 2.84 bits per heavy atom. The van der Waals surface area contributed by atoms with Gasteiger partial charge >= 0.3 is 0 Å². The van der Waals surface area contributed by atoms with Crippen LogP contribution < -0.4 is 0 Å². The van der Waals surface area contributed by atoms with Gasteiger partial charge in [-0.2, -0.15) is 0 Å². The van der Waals surface area contributed by atoms with Gasteiger partial charge in [0.25, 0.3) is 0 Å². The molecule has 0 N–H and O–H groups in total. The molecule has 2 rings (SSSR count). The fourth-order valence-corrected chi connectivity index (χ4v) is 2.79. The van der Waals surface area contributed by atoms with Crippen LogP contribution in [0.1, 0.15) is 43.5 Å². The van der Waals surface area contributed by atoms with E-state index in [-0.39, 0.29) is 0 Å². The molecule has 1 unspecified atom stereocenters. The van der Waals surface area contributed by atoms with Gasteiger partial charge in [-0.3, -0.25) is 4.90 Å². The summed E-state index contributed by atoms with van der Waals surface area (Å²) in [4.78, 5) is 11.2. The van der Waals surface area contributed by atoms with Crippen molar-refractivity contribution in [3.63, 3.8) is 0 Å². The quantitative estimate of drug-likeness (QED) is 0.739. The molecule has 1 aliphatic rings. The molecule has 1 aromatic heterocycles. The van der Waals surface area contributed by atoms with Crippen molar-refractivity contribution in [3.8, 4) is 0 Å². The number of ether oxygens (including phenoxy) is 1. The van der Waals surface area contributed by atoms with Crippen LogP contribution in [0.15, 0.2) is 12.4 Å². The Bertz CT molecular complexity index is 366. The maximum Gasteiger partial charge on any atom is 0.125 e. The molecule has 0 saturated carbocycles. The first-order valence-electron chi connectivity index (χ1n) is 7.30. The number of methoxy groups -OCH3 is 1. The Labute approximate surface area is 116 Å². The van der Waals surface area contributed by atoms with Crippen molar-refractivity contribution in [2.75, 3.05) is 20.3 Å². The second-order valence-corrected chi connectivity index (χ2v) is 5.39. The summed E-state index contributed by atoms with van der Waals surface area (Å²) in [5, 5.41) is 0. The molecule has 0 aromatic carbocycles. The van der Waals surface area contributed by atoms with E-state index in [1.807, 2.05) is 19.3 Å². The van der Waals surface area contributed by atoms with Crippen LogP contribution >= 0.6 is 0 Å². The number of likely N-dealkylation sites (tertiary alicyclic amines) is 1. The first kappa shape index (κ1) is 14.4. The molecule has 19 heavy (non-hydrogen) atoms. The van der Waals surface area contributed by atoms with E-state index in [4.69, 9.17) is 4.74 Å². The lowest BCUT2D eigenvalue weighted by atomic mass is 9.97. The highest BCUT2D eigenvalue weighted by Gasteiger charge is 2.22. The summed E-state index contributed by atoms with van der Waals surface area (Å²) in [6.45, 7) is 4.99. The van der Waals surface area contributed by atoms with Crippen LogP contribution in [0.5, 0.6) is 0 Å². The highest BCUT2D eigenvalue weighted by molar-refractivity contribution is 5.05. The second kappa shape index (κ2) is 7.56. The van der Waals surface area contributed by atoms with Crippen molar-refractivity contribution in [2.24, 2.45) is 0 Å². The van der Waals surface area contributed by atoms with Gasteiger partial charge in [0.05, 0.1) is 0 Å². The first-order chi connectivity index (χ1) is 9.29. The van der Waals surface area contributed by atoms with E-state index in [1.54, 1.807) is 7.11 Å². The highest BCUT2D eigenvalue weighted by Crippen LogP contribution is 2.22. The van der Waals surface area contributed by atoms with Crippen molar-refractivity contribution in [3.05, 3.63) is 23.8 Å². The summed E-state index contributed by atoms with van der Waals surface area (Å²) < 4.78 is 5.16. The topological polar surface area (TPSA) is 38.2 Å². The minimum atomic E-state index is 0.699. The lowest BCUT2D eigenvalue weighted by Crippen LogP contribution is -2.39. The number of piperidine rings is 1. The fraction of sp³-hybridized carbons (Fsp3) is 0.733. The van der Waals surface area contributed by atoms with Gasteiger partial charge in [0.2, 0.25) is 0 Å². The lowest BCUT2D eigenvalue weighted by molar-refractivity contribution is 0.116. The first-order valence-corrected chi connectivity index (χ1v) is 7.30. The molecule has 106 valence electrons. The van der Waals surface area contributed by atoms with Crippen LogP contribution in [-0.2, 0) is 11.3 Å². The summed E-state index contributed by atoms with van der Waals surface area (Å²) in [5.74, 6) is 0.846. The van der Waals surface area contributed by atoms with E-state index in [1.165, 1.54) is 37.8 Å². The minimum Gasteiger partial charge on any atom is -0.385 e. The molecule has 1 aliphatic heterocycles. The molecule has 1 fully saturated rings. The van der Waals surface area contributed by atoms with E-state index in [0.717, 1.165) is 25.4 Å². The number of rotatable bonds is 6. The zero-order valence-corrected chi connectivity index (χ0v) is 12.1. The average molecular weight is 263 g/mol. The van der Waals surface area contributed by atoms with E-state index in [0.29, 0.717) is 6.04 Å². The summed E-state index contributed by atoms with van der Waals surface area (Å²) in [6.07, 6.45) is 10.3. The summed E-state index contributed by atoms with van der Waals surface area (Å²) in [7, 11) is 1.78. The molecule has 0 radical (unpaired) electrons.